The average molecular weight is 572 g/mol. The topological polar surface area (TPSA) is 120 Å². The van der Waals surface area contributed by atoms with Crippen LogP contribution >= 0.6 is 0 Å². The van der Waals surface area contributed by atoms with Crippen molar-refractivity contribution in [1.82, 2.24) is 23.9 Å². The molecular formula is C30H33N7O5. The maximum atomic E-state index is 9.96. The molecule has 2 aromatic carbocycles. The molecule has 0 unspecified atom stereocenters. The highest BCUT2D eigenvalue weighted by molar-refractivity contribution is 5.71. The van der Waals surface area contributed by atoms with Crippen molar-refractivity contribution in [1.29, 1.82) is 0 Å². The number of aromatic nitrogens is 5. The van der Waals surface area contributed by atoms with Gasteiger partial charge in [-0.3, -0.25) is 4.40 Å². The first-order valence-corrected chi connectivity index (χ1v) is 13.6. The molecule has 4 heterocycles. The summed E-state index contributed by atoms with van der Waals surface area (Å²) < 4.78 is 25.6. The largest absolute Gasteiger partial charge is 0.497 e. The molecular weight excluding hydrogens is 538 g/mol. The summed E-state index contributed by atoms with van der Waals surface area (Å²) in [5, 5.41) is 13.3. The lowest BCUT2D eigenvalue weighted by Crippen LogP contribution is -2.33. The van der Waals surface area contributed by atoms with Gasteiger partial charge in [-0.2, -0.15) is 9.97 Å². The number of hydrogen-bond acceptors (Lipinski definition) is 10. The summed E-state index contributed by atoms with van der Waals surface area (Å²) in [6.07, 6.45) is 7.41. The monoisotopic (exact) mass is 571 g/mol. The number of benzene rings is 2. The fraction of sp³-hybridized carbons (Fsp3) is 0.300. The van der Waals surface area contributed by atoms with Crippen LogP contribution in [0.4, 0.5) is 17.7 Å². The summed E-state index contributed by atoms with van der Waals surface area (Å²) in [5.41, 5.74) is 3.51. The zero-order chi connectivity index (χ0) is 29.2. The first-order valence-electron chi connectivity index (χ1n) is 13.6. The molecule has 5 aromatic rings. The highest BCUT2D eigenvalue weighted by Crippen LogP contribution is 2.39. The second-order valence-corrected chi connectivity index (χ2v) is 9.88. The van der Waals surface area contributed by atoms with Crippen LogP contribution in [0.3, 0.4) is 0 Å². The zero-order valence-corrected chi connectivity index (χ0v) is 23.9. The SMILES string of the molecule is COc1ccc(-c2cc3nc(N4CCC[C@H]4CO)nc(Nc4cn(-c5cc(OC)c(OC)c(OC)c5)cn4)n3c2)cc1. The van der Waals surface area contributed by atoms with E-state index in [1.54, 1.807) is 34.8 Å². The lowest BCUT2D eigenvalue weighted by molar-refractivity contribution is 0.265. The van der Waals surface area contributed by atoms with Crippen LogP contribution in [0.5, 0.6) is 23.0 Å². The van der Waals surface area contributed by atoms with Crippen LogP contribution in [0, 0.1) is 0 Å². The number of anilines is 3. The predicted molar refractivity (Wildman–Crippen MR) is 159 cm³/mol. The lowest BCUT2D eigenvalue weighted by atomic mass is 10.1. The van der Waals surface area contributed by atoms with Crippen LogP contribution in [-0.4, -0.2) is 76.7 Å². The predicted octanol–water partition coefficient (Wildman–Crippen LogP) is 4.32. The third kappa shape index (κ3) is 5.00. The molecule has 0 spiro atoms. The Labute approximate surface area is 243 Å². The Morgan fingerprint density at radius 3 is 2.33 bits per heavy atom. The van der Waals surface area contributed by atoms with Gasteiger partial charge in [0.1, 0.15) is 17.7 Å². The first kappa shape index (κ1) is 27.2. The Balaban J connectivity index is 1.39. The molecule has 1 saturated heterocycles. The molecule has 1 aliphatic rings. The Morgan fingerprint density at radius 1 is 0.905 bits per heavy atom. The molecule has 218 valence electrons. The zero-order valence-electron chi connectivity index (χ0n) is 23.9. The molecule has 0 radical (unpaired) electrons. The van der Waals surface area contributed by atoms with Crippen molar-refractivity contribution >= 4 is 23.4 Å². The molecule has 12 nitrogen and oxygen atoms in total. The van der Waals surface area contributed by atoms with Gasteiger partial charge in [0.25, 0.3) is 0 Å². The van der Waals surface area contributed by atoms with Crippen LogP contribution in [0.1, 0.15) is 12.8 Å². The highest BCUT2D eigenvalue weighted by Gasteiger charge is 2.27. The van der Waals surface area contributed by atoms with Crippen LogP contribution < -0.4 is 29.2 Å². The number of ether oxygens (including phenoxy) is 4. The van der Waals surface area contributed by atoms with E-state index in [-0.39, 0.29) is 12.6 Å². The van der Waals surface area contributed by atoms with Crippen LogP contribution in [0.15, 0.2) is 61.2 Å². The minimum atomic E-state index is -0.0180. The molecule has 1 aliphatic heterocycles. The van der Waals surface area contributed by atoms with E-state index in [1.807, 2.05) is 63.8 Å². The fourth-order valence-corrected chi connectivity index (χ4v) is 5.29. The number of nitrogens with zero attached hydrogens (tertiary/aromatic N) is 6. The van der Waals surface area contributed by atoms with Crippen molar-refractivity contribution in [2.45, 2.75) is 18.9 Å². The molecule has 0 saturated carbocycles. The van der Waals surface area contributed by atoms with Crippen molar-refractivity contribution in [2.24, 2.45) is 0 Å². The van der Waals surface area contributed by atoms with Gasteiger partial charge in [-0.15, -0.1) is 0 Å². The number of methoxy groups -OCH3 is 4. The molecule has 1 fully saturated rings. The van der Waals surface area contributed by atoms with E-state index in [9.17, 15) is 5.11 Å². The quantitative estimate of drug-likeness (QED) is 0.251. The van der Waals surface area contributed by atoms with Gasteiger partial charge in [0, 0.05) is 30.4 Å². The maximum Gasteiger partial charge on any atom is 0.230 e. The Bertz CT molecular complexity index is 1670. The van der Waals surface area contributed by atoms with E-state index in [4.69, 9.17) is 28.9 Å². The molecule has 3 aromatic heterocycles. The normalized spacial score (nSPS) is 14.8. The van der Waals surface area contributed by atoms with E-state index >= 15 is 0 Å². The number of fused-ring (bicyclic) bond motifs is 1. The lowest BCUT2D eigenvalue weighted by Gasteiger charge is -2.23. The number of aliphatic hydroxyl groups excluding tert-OH is 1. The third-order valence-corrected chi connectivity index (χ3v) is 7.49. The van der Waals surface area contributed by atoms with Gasteiger partial charge in [-0.05, 0) is 36.6 Å². The number of aliphatic hydroxyl groups is 1. The van der Waals surface area contributed by atoms with E-state index < -0.39 is 0 Å². The highest BCUT2D eigenvalue weighted by atomic mass is 16.5. The molecule has 6 rings (SSSR count). The van der Waals surface area contributed by atoms with Gasteiger partial charge >= 0.3 is 0 Å². The summed E-state index contributed by atoms with van der Waals surface area (Å²) in [6.45, 7) is 0.831. The minimum Gasteiger partial charge on any atom is -0.497 e. The summed E-state index contributed by atoms with van der Waals surface area (Å²) in [6, 6.07) is 13.6. The second kappa shape index (κ2) is 11.5. The van der Waals surface area contributed by atoms with E-state index in [1.165, 1.54) is 0 Å². The Kier molecular flexibility index (Phi) is 7.44. The average Bonchev–Trinajstić information content (AvgIpc) is 3.80. The van der Waals surface area contributed by atoms with Crippen molar-refractivity contribution in [3.05, 3.63) is 61.2 Å². The van der Waals surface area contributed by atoms with E-state index in [0.29, 0.717) is 35.0 Å². The molecule has 42 heavy (non-hydrogen) atoms. The summed E-state index contributed by atoms with van der Waals surface area (Å²) in [7, 11) is 6.39. The number of imidazole rings is 1. The van der Waals surface area contributed by atoms with Gasteiger partial charge in [-0.25, -0.2) is 4.98 Å². The summed E-state index contributed by atoms with van der Waals surface area (Å²) in [4.78, 5) is 16.4. The number of rotatable bonds is 10. The Morgan fingerprint density at radius 2 is 1.67 bits per heavy atom. The van der Waals surface area contributed by atoms with Gasteiger partial charge in [0.2, 0.25) is 17.6 Å². The van der Waals surface area contributed by atoms with Crippen molar-refractivity contribution in [3.63, 3.8) is 0 Å². The smallest absolute Gasteiger partial charge is 0.230 e. The van der Waals surface area contributed by atoms with Crippen LogP contribution in [-0.2, 0) is 0 Å². The number of hydrogen-bond donors (Lipinski definition) is 2. The van der Waals surface area contributed by atoms with E-state index in [0.717, 1.165) is 47.6 Å². The molecule has 2 N–H and O–H groups in total. The van der Waals surface area contributed by atoms with Gasteiger partial charge in [0.05, 0.1) is 53.0 Å². The minimum absolute atomic E-state index is 0.0180. The standard InChI is InChI=1S/C30H33N7O5/c1-39-23-9-7-19(8-10-23)20-12-27-33-30(36-11-5-6-21(36)17-38)34-29(37(27)15-20)32-26-16-35(18-31-26)22-13-24(40-2)28(42-4)25(14-22)41-3/h7-10,12-16,18,21,38H,5-6,11,17H2,1-4H3,(H,32,33,34)/t21-/m0/s1. The van der Waals surface area contributed by atoms with Gasteiger partial charge < -0.3 is 38.8 Å². The molecule has 1 atom stereocenters. The Hall–Kier alpha value is -4.97. The molecule has 0 bridgehead atoms. The van der Waals surface area contributed by atoms with Crippen LogP contribution in [0.25, 0.3) is 22.5 Å². The van der Waals surface area contributed by atoms with Crippen molar-refractivity contribution in [2.75, 3.05) is 51.8 Å². The first-order chi connectivity index (χ1) is 20.5. The van der Waals surface area contributed by atoms with Crippen molar-refractivity contribution in [3.8, 4) is 39.8 Å². The number of nitrogens with one attached hydrogen (secondary N) is 1. The summed E-state index contributed by atoms with van der Waals surface area (Å²) >= 11 is 0. The maximum absolute atomic E-state index is 9.96. The molecule has 0 amide bonds. The van der Waals surface area contributed by atoms with Gasteiger partial charge in [0.15, 0.2) is 17.3 Å². The van der Waals surface area contributed by atoms with Crippen LogP contribution in [0.2, 0.25) is 0 Å². The van der Waals surface area contributed by atoms with E-state index in [2.05, 4.69) is 15.2 Å². The molecule has 12 heteroatoms. The van der Waals surface area contributed by atoms with Crippen molar-refractivity contribution < 1.29 is 24.1 Å². The summed E-state index contributed by atoms with van der Waals surface area (Å²) in [5.74, 6) is 4.08. The van der Waals surface area contributed by atoms with Gasteiger partial charge in [-0.1, -0.05) is 12.1 Å². The second-order valence-electron chi connectivity index (χ2n) is 9.88. The third-order valence-electron chi connectivity index (χ3n) is 7.49. The molecule has 0 aliphatic carbocycles. The fourth-order valence-electron chi connectivity index (χ4n) is 5.29.